The number of hydrogen-bond donors (Lipinski definition) is 2. The number of nitrogen functional groups attached to an aromatic ring is 1. The second-order valence-corrected chi connectivity index (χ2v) is 3.44. The summed E-state index contributed by atoms with van der Waals surface area (Å²) in [4.78, 5) is 10.5. The molecule has 5 nitrogen and oxygen atoms in total. The number of nitrogens with two attached hydrogens (primary N) is 1. The number of benzene rings is 1. The van der Waals surface area contributed by atoms with Crippen molar-refractivity contribution in [3.05, 3.63) is 36.7 Å². The summed E-state index contributed by atoms with van der Waals surface area (Å²) in [6, 6.07) is 7.34. The van der Waals surface area contributed by atoms with Gasteiger partial charge < -0.3 is 10.8 Å². The number of anilines is 1. The Hall–Kier alpha value is -2.30. The van der Waals surface area contributed by atoms with Gasteiger partial charge in [0.15, 0.2) is 0 Å². The molecule has 0 radical (unpaired) electrons. The molecule has 1 aromatic carbocycles. The zero-order chi connectivity index (χ0) is 11.5. The van der Waals surface area contributed by atoms with Gasteiger partial charge in [-0.15, -0.1) is 0 Å². The fourth-order valence-electron chi connectivity index (χ4n) is 1.41. The van der Waals surface area contributed by atoms with Gasteiger partial charge in [0, 0.05) is 17.4 Å². The summed E-state index contributed by atoms with van der Waals surface area (Å²) in [5, 5.41) is 12.6. The summed E-state index contributed by atoms with van der Waals surface area (Å²) in [5.74, 6) is -0.910. The first kappa shape index (κ1) is 10.2. The zero-order valence-corrected chi connectivity index (χ0v) is 8.50. The lowest BCUT2D eigenvalue weighted by atomic mass is 10.1. The van der Waals surface area contributed by atoms with Gasteiger partial charge in [0.1, 0.15) is 6.54 Å². The molecule has 0 fully saturated rings. The van der Waals surface area contributed by atoms with Crippen molar-refractivity contribution >= 4 is 11.7 Å². The van der Waals surface area contributed by atoms with Crippen molar-refractivity contribution in [2.45, 2.75) is 6.54 Å². The number of nitrogens with zero attached hydrogens (tertiary/aromatic N) is 2. The number of carboxylic acid groups (broad SMARTS) is 1. The van der Waals surface area contributed by atoms with Crippen LogP contribution in [0.1, 0.15) is 0 Å². The summed E-state index contributed by atoms with van der Waals surface area (Å²) in [5.41, 5.74) is 8.11. The van der Waals surface area contributed by atoms with Gasteiger partial charge in [-0.2, -0.15) is 5.10 Å². The molecule has 0 atom stereocenters. The summed E-state index contributed by atoms with van der Waals surface area (Å²) in [6.07, 6.45) is 3.33. The van der Waals surface area contributed by atoms with Crippen molar-refractivity contribution in [2.24, 2.45) is 0 Å². The Kier molecular flexibility index (Phi) is 2.59. The van der Waals surface area contributed by atoms with E-state index in [1.54, 1.807) is 24.5 Å². The molecule has 0 saturated carbocycles. The van der Waals surface area contributed by atoms with E-state index in [0.717, 1.165) is 11.1 Å². The van der Waals surface area contributed by atoms with Crippen LogP contribution in [0, 0.1) is 0 Å². The van der Waals surface area contributed by atoms with Gasteiger partial charge >= 0.3 is 5.97 Å². The van der Waals surface area contributed by atoms with Crippen molar-refractivity contribution < 1.29 is 9.90 Å². The van der Waals surface area contributed by atoms with E-state index in [2.05, 4.69) is 5.10 Å². The standard InChI is InChI=1S/C11H11N3O2/c12-10-3-1-8(2-4-10)9-5-13-14(6-9)7-11(15)16/h1-6H,7,12H2,(H,15,16). The summed E-state index contributed by atoms with van der Waals surface area (Å²) >= 11 is 0. The Morgan fingerprint density at radius 2 is 2.00 bits per heavy atom. The van der Waals surface area contributed by atoms with E-state index >= 15 is 0 Å². The monoisotopic (exact) mass is 217 g/mol. The second-order valence-electron chi connectivity index (χ2n) is 3.44. The van der Waals surface area contributed by atoms with E-state index in [-0.39, 0.29) is 6.54 Å². The fourth-order valence-corrected chi connectivity index (χ4v) is 1.41. The third kappa shape index (κ3) is 2.20. The van der Waals surface area contributed by atoms with Crippen LogP contribution in [0.2, 0.25) is 0 Å². The van der Waals surface area contributed by atoms with Crippen LogP contribution in [0.4, 0.5) is 5.69 Å². The van der Waals surface area contributed by atoms with Crippen molar-refractivity contribution in [3.8, 4) is 11.1 Å². The Labute approximate surface area is 92.1 Å². The maximum Gasteiger partial charge on any atom is 0.325 e. The SMILES string of the molecule is Nc1ccc(-c2cnn(CC(=O)O)c2)cc1. The van der Waals surface area contributed by atoms with Gasteiger partial charge in [-0.1, -0.05) is 12.1 Å². The number of carboxylic acids is 1. The predicted molar refractivity (Wildman–Crippen MR) is 59.7 cm³/mol. The van der Waals surface area contributed by atoms with Crippen LogP contribution < -0.4 is 5.73 Å². The molecule has 82 valence electrons. The highest BCUT2D eigenvalue weighted by Crippen LogP contribution is 2.19. The zero-order valence-electron chi connectivity index (χ0n) is 8.50. The number of carbonyl (C=O) groups is 1. The van der Waals surface area contributed by atoms with Gasteiger partial charge in [-0.25, -0.2) is 0 Å². The summed E-state index contributed by atoms with van der Waals surface area (Å²) in [7, 11) is 0. The number of hydrogen-bond acceptors (Lipinski definition) is 3. The molecular weight excluding hydrogens is 206 g/mol. The topological polar surface area (TPSA) is 81.1 Å². The first-order valence-corrected chi connectivity index (χ1v) is 4.75. The minimum absolute atomic E-state index is 0.130. The molecule has 16 heavy (non-hydrogen) atoms. The molecule has 0 bridgehead atoms. The Morgan fingerprint density at radius 1 is 1.31 bits per heavy atom. The lowest BCUT2D eigenvalue weighted by Crippen LogP contribution is -2.08. The first-order chi connectivity index (χ1) is 7.65. The molecule has 0 spiro atoms. The van der Waals surface area contributed by atoms with Crippen LogP contribution in [-0.4, -0.2) is 20.9 Å². The molecule has 0 aliphatic heterocycles. The van der Waals surface area contributed by atoms with E-state index in [0.29, 0.717) is 5.69 Å². The van der Waals surface area contributed by atoms with Crippen molar-refractivity contribution in [2.75, 3.05) is 5.73 Å². The summed E-state index contributed by atoms with van der Waals surface area (Å²) < 4.78 is 1.38. The summed E-state index contributed by atoms with van der Waals surface area (Å²) in [6.45, 7) is -0.130. The van der Waals surface area contributed by atoms with Gasteiger partial charge in [0.2, 0.25) is 0 Å². The first-order valence-electron chi connectivity index (χ1n) is 4.75. The van der Waals surface area contributed by atoms with Gasteiger partial charge in [0.25, 0.3) is 0 Å². The molecule has 0 unspecified atom stereocenters. The molecule has 0 amide bonds. The molecule has 2 aromatic rings. The lowest BCUT2D eigenvalue weighted by Gasteiger charge is -1.97. The Balaban J connectivity index is 2.24. The third-order valence-corrected chi connectivity index (χ3v) is 2.17. The van der Waals surface area contributed by atoms with Crippen molar-refractivity contribution in [3.63, 3.8) is 0 Å². The van der Waals surface area contributed by atoms with Crippen molar-refractivity contribution in [1.29, 1.82) is 0 Å². The highest BCUT2D eigenvalue weighted by Gasteiger charge is 2.04. The quantitative estimate of drug-likeness (QED) is 0.757. The smallest absolute Gasteiger partial charge is 0.325 e. The lowest BCUT2D eigenvalue weighted by molar-refractivity contribution is -0.137. The average Bonchev–Trinajstić information content (AvgIpc) is 2.66. The van der Waals surface area contributed by atoms with Crippen molar-refractivity contribution in [1.82, 2.24) is 9.78 Å². The van der Waals surface area contributed by atoms with Crippen LogP contribution in [0.5, 0.6) is 0 Å². The third-order valence-electron chi connectivity index (χ3n) is 2.17. The maximum atomic E-state index is 10.5. The minimum Gasteiger partial charge on any atom is -0.480 e. The van der Waals surface area contributed by atoms with Crippen LogP contribution in [0.15, 0.2) is 36.7 Å². The largest absolute Gasteiger partial charge is 0.480 e. The van der Waals surface area contributed by atoms with E-state index in [9.17, 15) is 4.79 Å². The number of aliphatic carboxylic acids is 1. The van der Waals surface area contributed by atoms with Crippen LogP contribution in [0.3, 0.4) is 0 Å². The van der Waals surface area contributed by atoms with Gasteiger partial charge in [0.05, 0.1) is 6.20 Å². The van der Waals surface area contributed by atoms with E-state index in [1.165, 1.54) is 4.68 Å². The highest BCUT2D eigenvalue weighted by molar-refractivity contribution is 5.67. The fraction of sp³-hybridized carbons (Fsp3) is 0.0909. The molecule has 3 N–H and O–H groups in total. The molecule has 2 rings (SSSR count). The Bertz CT molecular complexity index is 502. The molecule has 1 aromatic heterocycles. The number of aromatic nitrogens is 2. The average molecular weight is 217 g/mol. The molecule has 5 heteroatoms. The van der Waals surface area contributed by atoms with Gasteiger partial charge in [-0.3, -0.25) is 9.48 Å². The molecule has 0 saturated heterocycles. The predicted octanol–water partition coefficient (Wildman–Crippen LogP) is 1.22. The van der Waals surface area contributed by atoms with E-state index in [1.807, 2.05) is 12.1 Å². The van der Waals surface area contributed by atoms with E-state index < -0.39 is 5.97 Å². The molecule has 0 aliphatic rings. The minimum atomic E-state index is -0.910. The van der Waals surface area contributed by atoms with Crippen LogP contribution in [0.25, 0.3) is 11.1 Å². The van der Waals surface area contributed by atoms with Gasteiger partial charge in [-0.05, 0) is 17.7 Å². The molecule has 1 heterocycles. The molecule has 0 aliphatic carbocycles. The highest BCUT2D eigenvalue weighted by atomic mass is 16.4. The number of rotatable bonds is 3. The maximum absolute atomic E-state index is 10.5. The normalized spacial score (nSPS) is 10.2. The molecular formula is C11H11N3O2. The van der Waals surface area contributed by atoms with Crippen LogP contribution in [-0.2, 0) is 11.3 Å². The van der Waals surface area contributed by atoms with E-state index in [4.69, 9.17) is 10.8 Å². The Morgan fingerprint density at radius 3 is 2.62 bits per heavy atom. The second kappa shape index (κ2) is 4.06. The van der Waals surface area contributed by atoms with Crippen LogP contribution >= 0.6 is 0 Å².